The van der Waals surface area contributed by atoms with Crippen molar-refractivity contribution in [2.75, 3.05) is 23.8 Å². The molecule has 0 radical (unpaired) electrons. The van der Waals surface area contributed by atoms with E-state index in [-0.39, 0.29) is 12.5 Å². The van der Waals surface area contributed by atoms with E-state index in [1.165, 1.54) is 11.3 Å². The molecule has 24 heavy (non-hydrogen) atoms. The molecule has 0 saturated carbocycles. The number of hydrogen-bond donors (Lipinski definition) is 1. The fraction of sp³-hybridized carbons (Fsp3) is 0.429. The highest BCUT2D eigenvalue weighted by Gasteiger charge is 2.15. The van der Waals surface area contributed by atoms with E-state index in [1.807, 2.05) is 0 Å². The van der Waals surface area contributed by atoms with Gasteiger partial charge >= 0.3 is 0 Å². The third-order valence-corrected chi connectivity index (χ3v) is 4.10. The molecule has 9 nitrogen and oxygen atoms in total. The molecule has 0 bridgehead atoms. The van der Waals surface area contributed by atoms with Crippen LogP contribution in [-0.4, -0.2) is 49.3 Å². The Hall–Kier alpha value is -2.62. The Balaban J connectivity index is 1.64. The molecule has 0 aliphatic rings. The average Bonchev–Trinajstić information content (AvgIpc) is 3.15. The molecule has 0 unspecified atom stereocenters. The van der Waals surface area contributed by atoms with Crippen LogP contribution in [0.4, 0.5) is 10.9 Å². The zero-order valence-corrected chi connectivity index (χ0v) is 14.5. The molecule has 0 saturated heterocycles. The van der Waals surface area contributed by atoms with Crippen molar-refractivity contribution in [3.05, 3.63) is 23.7 Å². The minimum Gasteiger partial charge on any atom is -0.347 e. The van der Waals surface area contributed by atoms with Crippen molar-refractivity contribution < 1.29 is 4.79 Å². The zero-order chi connectivity index (χ0) is 17.1. The fourth-order valence-electron chi connectivity index (χ4n) is 2.20. The largest absolute Gasteiger partial charge is 0.347 e. The summed E-state index contributed by atoms with van der Waals surface area (Å²) in [6.45, 7) is 4.36. The van der Waals surface area contributed by atoms with Crippen LogP contribution in [0.25, 0.3) is 5.65 Å². The molecule has 0 atom stereocenters. The minimum absolute atomic E-state index is 0.124. The van der Waals surface area contributed by atoms with Crippen LogP contribution in [0.2, 0.25) is 0 Å². The molecule has 0 fully saturated rings. The first-order valence-electron chi connectivity index (χ1n) is 7.50. The third-order valence-electron chi connectivity index (χ3n) is 3.24. The van der Waals surface area contributed by atoms with Crippen molar-refractivity contribution in [2.24, 2.45) is 5.92 Å². The van der Waals surface area contributed by atoms with E-state index in [9.17, 15) is 4.79 Å². The van der Waals surface area contributed by atoms with Gasteiger partial charge in [0, 0.05) is 25.9 Å². The Kier molecular flexibility index (Phi) is 4.65. The number of aromatic nitrogens is 6. The fourth-order valence-corrected chi connectivity index (χ4v) is 3.17. The van der Waals surface area contributed by atoms with Gasteiger partial charge in [0.15, 0.2) is 5.82 Å². The molecular weight excluding hydrogens is 328 g/mol. The van der Waals surface area contributed by atoms with Gasteiger partial charge in [0.25, 0.3) is 0 Å². The molecule has 126 valence electrons. The van der Waals surface area contributed by atoms with E-state index >= 15 is 0 Å². The first kappa shape index (κ1) is 16.2. The van der Waals surface area contributed by atoms with Crippen LogP contribution in [0.3, 0.4) is 0 Å². The number of hydrogen-bond acceptors (Lipinski definition) is 8. The number of anilines is 2. The lowest BCUT2D eigenvalue weighted by atomic mass is 10.1. The summed E-state index contributed by atoms with van der Waals surface area (Å²) in [5.41, 5.74) is 0.600. The van der Waals surface area contributed by atoms with Gasteiger partial charge in [-0.05, 0) is 5.92 Å². The summed E-state index contributed by atoms with van der Waals surface area (Å²) in [6, 6.07) is 0. The molecule has 0 spiro atoms. The summed E-state index contributed by atoms with van der Waals surface area (Å²) in [5.74, 6) is 0.901. The Morgan fingerprint density at radius 1 is 1.38 bits per heavy atom. The normalized spacial score (nSPS) is 11.2. The number of amides is 1. The number of likely N-dealkylation sites (N-methyl/N-ethyl adjacent to an activating group) is 1. The second-order valence-electron chi connectivity index (χ2n) is 5.82. The molecule has 1 amide bonds. The quantitative estimate of drug-likeness (QED) is 0.716. The molecule has 0 aliphatic carbocycles. The first-order valence-corrected chi connectivity index (χ1v) is 8.32. The molecule has 3 aromatic heterocycles. The van der Waals surface area contributed by atoms with Gasteiger partial charge in [-0.2, -0.15) is 0 Å². The third kappa shape index (κ3) is 3.65. The number of carbonyl (C=O) groups excluding carboxylic acids is 1. The summed E-state index contributed by atoms with van der Waals surface area (Å²) in [5, 5.41) is 20.2. The standard InChI is InChI=1S/C14H18N8OS/c1-9(2)6-11-18-20-14(24-11)17-10(23)7-21(3)12-13-19-16-8-22(13)5-4-15-12/h4-5,8-9H,6-7H2,1-3H3,(H,17,20,23). The highest BCUT2D eigenvalue weighted by atomic mass is 32.1. The lowest BCUT2D eigenvalue weighted by molar-refractivity contribution is -0.114. The maximum atomic E-state index is 12.2. The van der Waals surface area contributed by atoms with E-state index in [1.54, 1.807) is 35.1 Å². The molecule has 3 rings (SSSR count). The number of rotatable bonds is 6. The summed E-state index contributed by atoms with van der Waals surface area (Å²) in [7, 11) is 1.78. The lowest BCUT2D eigenvalue weighted by Gasteiger charge is -2.17. The van der Waals surface area contributed by atoms with Crippen molar-refractivity contribution in [3.8, 4) is 0 Å². The van der Waals surface area contributed by atoms with Gasteiger partial charge in [-0.1, -0.05) is 25.2 Å². The van der Waals surface area contributed by atoms with Gasteiger partial charge in [0.1, 0.15) is 11.3 Å². The maximum absolute atomic E-state index is 12.2. The summed E-state index contributed by atoms with van der Waals surface area (Å²) in [6.07, 6.45) is 5.84. The summed E-state index contributed by atoms with van der Waals surface area (Å²) >= 11 is 1.40. The van der Waals surface area contributed by atoms with Crippen LogP contribution in [-0.2, 0) is 11.2 Å². The van der Waals surface area contributed by atoms with Crippen LogP contribution in [0.1, 0.15) is 18.9 Å². The van der Waals surface area contributed by atoms with Crippen LogP contribution >= 0.6 is 11.3 Å². The topological polar surface area (TPSA) is 101 Å². The molecule has 0 aliphatic heterocycles. The predicted octanol–water partition coefficient (Wildman–Crippen LogP) is 1.25. The van der Waals surface area contributed by atoms with Gasteiger partial charge in [-0.3, -0.25) is 14.5 Å². The van der Waals surface area contributed by atoms with Crippen molar-refractivity contribution in [1.82, 2.24) is 29.8 Å². The number of carbonyl (C=O) groups is 1. The zero-order valence-electron chi connectivity index (χ0n) is 13.7. The molecule has 3 heterocycles. The van der Waals surface area contributed by atoms with Crippen molar-refractivity contribution in [2.45, 2.75) is 20.3 Å². The van der Waals surface area contributed by atoms with E-state index < -0.39 is 0 Å². The molecular formula is C14H18N8OS. The minimum atomic E-state index is -0.187. The Bertz CT molecular complexity index is 842. The van der Waals surface area contributed by atoms with E-state index in [2.05, 4.69) is 44.5 Å². The highest BCUT2D eigenvalue weighted by Crippen LogP contribution is 2.19. The SMILES string of the molecule is CC(C)Cc1nnc(NC(=O)CN(C)c2nccn3cnnc23)s1. The molecule has 10 heteroatoms. The first-order chi connectivity index (χ1) is 11.5. The Labute approximate surface area is 142 Å². The van der Waals surface area contributed by atoms with Gasteiger partial charge in [0.2, 0.25) is 16.7 Å². The van der Waals surface area contributed by atoms with E-state index in [0.29, 0.717) is 22.5 Å². The number of nitrogens with one attached hydrogen (secondary N) is 1. The second-order valence-corrected chi connectivity index (χ2v) is 6.88. The van der Waals surface area contributed by atoms with Crippen LogP contribution in [0, 0.1) is 5.92 Å². The number of nitrogens with zero attached hydrogens (tertiary/aromatic N) is 7. The predicted molar refractivity (Wildman–Crippen MR) is 91.1 cm³/mol. The van der Waals surface area contributed by atoms with Crippen LogP contribution in [0.15, 0.2) is 18.7 Å². The summed E-state index contributed by atoms with van der Waals surface area (Å²) in [4.78, 5) is 18.2. The van der Waals surface area contributed by atoms with Gasteiger partial charge < -0.3 is 4.90 Å². The van der Waals surface area contributed by atoms with Crippen LogP contribution < -0.4 is 10.2 Å². The van der Waals surface area contributed by atoms with Gasteiger partial charge in [0.05, 0.1) is 6.54 Å². The van der Waals surface area contributed by atoms with Crippen molar-refractivity contribution in [3.63, 3.8) is 0 Å². The van der Waals surface area contributed by atoms with E-state index in [4.69, 9.17) is 0 Å². The second kappa shape index (κ2) is 6.87. The Morgan fingerprint density at radius 2 is 2.21 bits per heavy atom. The lowest BCUT2D eigenvalue weighted by Crippen LogP contribution is -2.31. The number of fused-ring (bicyclic) bond motifs is 1. The maximum Gasteiger partial charge on any atom is 0.245 e. The van der Waals surface area contributed by atoms with E-state index in [0.717, 1.165) is 11.4 Å². The molecule has 1 N–H and O–H groups in total. The van der Waals surface area contributed by atoms with Crippen molar-refractivity contribution >= 4 is 33.8 Å². The highest BCUT2D eigenvalue weighted by molar-refractivity contribution is 7.15. The Morgan fingerprint density at radius 3 is 3.00 bits per heavy atom. The average molecular weight is 346 g/mol. The molecule has 3 aromatic rings. The molecule has 0 aromatic carbocycles. The van der Waals surface area contributed by atoms with Gasteiger partial charge in [-0.25, -0.2) is 4.98 Å². The van der Waals surface area contributed by atoms with Gasteiger partial charge in [-0.15, -0.1) is 20.4 Å². The van der Waals surface area contributed by atoms with Crippen LogP contribution in [0.5, 0.6) is 0 Å². The monoisotopic (exact) mass is 346 g/mol. The van der Waals surface area contributed by atoms with Crippen molar-refractivity contribution in [1.29, 1.82) is 0 Å². The summed E-state index contributed by atoms with van der Waals surface area (Å²) < 4.78 is 1.75. The smallest absolute Gasteiger partial charge is 0.245 e.